The highest BCUT2D eigenvalue weighted by Gasteiger charge is 2.11. The number of rotatable bonds is 6. The summed E-state index contributed by atoms with van der Waals surface area (Å²) in [4.78, 5) is 0. The van der Waals surface area contributed by atoms with E-state index < -0.39 is 6.10 Å². The van der Waals surface area contributed by atoms with Crippen molar-refractivity contribution < 1.29 is 14.6 Å². The molecular weight excluding hydrogens is 218 g/mol. The molecule has 1 atom stereocenters. The molecule has 0 saturated carbocycles. The fraction of sp³-hybridized carbons (Fsp3) is 0.538. The molecule has 17 heavy (non-hydrogen) atoms. The predicted octanol–water partition coefficient (Wildman–Crippen LogP) is 1.55. The number of hydrogen-bond acceptors (Lipinski definition) is 4. The number of aliphatic hydroxyl groups is 1. The third-order valence-corrected chi connectivity index (χ3v) is 2.67. The zero-order valence-corrected chi connectivity index (χ0v) is 10.6. The lowest BCUT2D eigenvalue weighted by Gasteiger charge is -2.17. The lowest BCUT2D eigenvalue weighted by Crippen LogP contribution is -2.23. The lowest BCUT2D eigenvalue weighted by molar-refractivity contribution is 0.0696. The second-order valence-corrected chi connectivity index (χ2v) is 4.30. The van der Waals surface area contributed by atoms with E-state index in [9.17, 15) is 5.11 Å². The van der Waals surface area contributed by atoms with Crippen LogP contribution >= 0.6 is 0 Å². The summed E-state index contributed by atoms with van der Waals surface area (Å²) in [6, 6.07) is 5.50. The monoisotopic (exact) mass is 239 g/mol. The average Bonchev–Trinajstić information content (AvgIpc) is 2.35. The van der Waals surface area contributed by atoms with Crippen LogP contribution < -0.4 is 15.2 Å². The van der Waals surface area contributed by atoms with E-state index in [1.807, 2.05) is 26.0 Å². The molecule has 0 radical (unpaired) electrons. The Labute approximate surface area is 102 Å². The number of aliphatic hydroxyl groups excluding tert-OH is 1. The highest BCUT2D eigenvalue weighted by atomic mass is 16.5. The van der Waals surface area contributed by atoms with Crippen molar-refractivity contribution in [3.63, 3.8) is 0 Å². The van der Waals surface area contributed by atoms with Crippen LogP contribution in [0.2, 0.25) is 0 Å². The van der Waals surface area contributed by atoms with Crippen LogP contribution in [0.5, 0.6) is 11.5 Å². The molecule has 0 saturated heterocycles. The Balaban J connectivity index is 2.74. The number of nitrogens with two attached hydrogens (primary N) is 1. The molecule has 0 amide bonds. The topological polar surface area (TPSA) is 64.7 Å². The van der Waals surface area contributed by atoms with E-state index in [1.54, 1.807) is 13.2 Å². The maximum atomic E-state index is 9.69. The fourth-order valence-corrected chi connectivity index (χ4v) is 1.33. The van der Waals surface area contributed by atoms with Gasteiger partial charge in [-0.2, -0.15) is 0 Å². The van der Waals surface area contributed by atoms with Crippen LogP contribution in [0.25, 0.3) is 0 Å². The largest absolute Gasteiger partial charge is 0.497 e. The molecule has 1 aromatic rings. The van der Waals surface area contributed by atoms with Crippen LogP contribution in [-0.4, -0.2) is 24.9 Å². The van der Waals surface area contributed by atoms with E-state index in [4.69, 9.17) is 15.2 Å². The molecule has 0 spiro atoms. The molecule has 0 aromatic heterocycles. The van der Waals surface area contributed by atoms with E-state index in [1.165, 1.54) is 0 Å². The molecule has 0 aliphatic rings. The van der Waals surface area contributed by atoms with Crippen molar-refractivity contribution in [3.8, 4) is 11.5 Å². The van der Waals surface area contributed by atoms with Crippen molar-refractivity contribution in [2.24, 2.45) is 11.7 Å². The van der Waals surface area contributed by atoms with E-state index in [0.29, 0.717) is 12.3 Å². The first-order valence-electron chi connectivity index (χ1n) is 5.76. The van der Waals surface area contributed by atoms with Gasteiger partial charge in [-0.3, -0.25) is 0 Å². The first-order valence-corrected chi connectivity index (χ1v) is 5.76. The van der Waals surface area contributed by atoms with Crippen molar-refractivity contribution >= 4 is 0 Å². The molecule has 1 aromatic carbocycles. The fourth-order valence-electron chi connectivity index (χ4n) is 1.33. The summed E-state index contributed by atoms with van der Waals surface area (Å²) in [5, 5.41) is 9.69. The molecule has 0 fully saturated rings. The van der Waals surface area contributed by atoms with Crippen LogP contribution in [0.4, 0.5) is 0 Å². The lowest BCUT2D eigenvalue weighted by atomic mass is 10.1. The van der Waals surface area contributed by atoms with Crippen molar-refractivity contribution in [1.29, 1.82) is 0 Å². The van der Waals surface area contributed by atoms with Gasteiger partial charge in [0.15, 0.2) is 0 Å². The Morgan fingerprint density at radius 2 is 2.06 bits per heavy atom. The molecule has 1 rings (SSSR count). The Morgan fingerprint density at radius 1 is 1.35 bits per heavy atom. The van der Waals surface area contributed by atoms with Crippen LogP contribution in [-0.2, 0) is 6.54 Å². The molecule has 0 aliphatic carbocycles. The minimum Gasteiger partial charge on any atom is -0.497 e. The van der Waals surface area contributed by atoms with Crippen molar-refractivity contribution in [1.82, 2.24) is 0 Å². The van der Waals surface area contributed by atoms with Gasteiger partial charge in [-0.15, -0.1) is 0 Å². The predicted molar refractivity (Wildman–Crippen MR) is 67.2 cm³/mol. The second kappa shape index (κ2) is 6.47. The summed E-state index contributed by atoms with van der Waals surface area (Å²) in [7, 11) is 1.60. The summed E-state index contributed by atoms with van der Waals surface area (Å²) < 4.78 is 10.7. The SMILES string of the molecule is COc1ccc(CN)c(OCC(O)C(C)C)c1. The van der Waals surface area contributed by atoms with Crippen LogP contribution in [0.15, 0.2) is 18.2 Å². The van der Waals surface area contributed by atoms with Crippen molar-refractivity contribution in [2.75, 3.05) is 13.7 Å². The summed E-state index contributed by atoms with van der Waals surface area (Å²) in [6.07, 6.45) is -0.480. The third kappa shape index (κ3) is 3.91. The normalized spacial score (nSPS) is 12.6. The minimum atomic E-state index is -0.480. The summed E-state index contributed by atoms with van der Waals surface area (Å²) in [6.45, 7) is 4.56. The molecule has 0 heterocycles. The number of hydrogen-bond donors (Lipinski definition) is 2. The standard InChI is InChI=1S/C13H21NO3/c1-9(2)12(15)8-17-13-6-11(16-3)5-4-10(13)7-14/h4-6,9,12,15H,7-8,14H2,1-3H3. The van der Waals surface area contributed by atoms with Gasteiger partial charge in [-0.25, -0.2) is 0 Å². The summed E-state index contributed by atoms with van der Waals surface area (Å²) in [5.41, 5.74) is 6.53. The highest BCUT2D eigenvalue weighted by molar-refractivity contribution is 5.40. The molecule has 4 heteroatoms. The van der Waals surface area contributed by atoms with Gasteiger partial charge in [0.05, 0.1) is 13.2 Å². The molecule has 96 valence electrons. The second-order valence-electron chi connectivity index (χ2n) is 4.30. The van der Waals surface area contributed by atoms with Crippen LogP contribution in [0.1, 0.15) is 19.4 Å². The molecule has 0 bridgehead atoms. The smallest absolute Gasteiger partial charge is 0.127 e. The Kier molecular flexibility index (Phi) is 5.25. The van der Waals surface area contributed by atoms with E-state index in [2.05, 4.69) is 0 Å². The Morgan fingerprint density at radius 3 is 2.59 bits per heavy atom. The molecular formula is C13H21NO3. The first kappa shape index (κ1) is 13.8. The van der Waals surface area contributed by atoms with Gasteiger partial charge in [0.1, 0.15) is 18.1 Å². The molecule has 1 unspecified atom stereocenters. The average molecular weight is 239 g/mol. The van der Waals surface area contributed by atoms with Gasteiger partial charge >= 0.3 is 0 Å². The third-order valence-electron chi connectivity index (χ3n) is 2.67. The molecule has 4 nitrogen and oxygen atoms in total. The number of benzene rings is 1. The maximum absolute atomic E-state index is 9.69. The summed E-state index contributed by atoms with van der Waals surface area (Å²) >= 11 is 0. The Bertz CT molecular complexity index is 353. The zero-order chi connectivity index (χ0) is 12.8. The van der Waals surface area contributed by atoms with Crippen molar-refractivity contribution in [2.45, 2.75) is 26.5 Å². The van der Waals surface area contributed by atoms with Gasteiger partial charge in [-0.05, 0) is 12.0 Å². The molecule has 3 N–H and O–H groups in total. The number of ether oxygens (including phenoxy) is 2. The van der Waals surface area contributed by atoms with E-state index in [-0.39, 0.29) is 12.5 Å². The summed E-state index contributed by atoms with van der Waals surface area (Å²) in [5.74, 6) is 1.56. The van der Waals surface area contributed by atoms with E-state index >= 15 is 0 Å². The van der Waals surface area contributed by atoms with Crippen molar-refractivity contribution in [3.05, 3.63) is 23.8 Å². The van der Waals surface area contributed by atoms with Crippen LogP contribution in [0.3, 0.4) is 0 Å². The minimum absolute atomic E-state index is 0.168. The molecule has 0 aliphatic heterocycles. The number of methoxy groups -OCH3 is 1. The van der Waals surface area contributed by atoms with Gasteiger partial charge in [0.25, 0.3) is 0 Å². The van der Waals surface area contributed by atoms with Gasteiger partial charge < -0.3 is 20.3 Å². The first-order chi connectivity index (χ1) is 8.08. The highest BCUT2D eigenvalue weighted by Crippen LogP contribution is 2.24. The Hall–Kier alpha value is -1.26. The van der Waals surface area contributed by atoms with Gasteiger partial charge in [0, 0.05) is 18.2 Å². The van der Waals surface area contributed by atoms with E-state index in [0.717, 1.165) is 11.3 Å². The maximum Gasteiger partial charge on any atom is 0.127 e. The van der Waals surface area contributed by atoms with Crippen LogP contribution in [0, 0.1) is 5.92 Å². The zero-order valence-electron chi connectivity index (χ0n) is 10.6. The van der Waals surface area contributed by atoms with Gasteiger partial charge in [0.2, 0.25) is 0 Å². The van der Waals surface area contributed by atoms with Gasteiger partial charge in [-0.1, -0.05) is 19.9 Å². The quantitative estimate of drug-likeness (QED) is 0.790.